The van der Waals surface area contributed by atoms with E-state index in [-0.39, 0.29) is 17.3 Å². The van der Waals surface area contributed by atoms with Crippen molar-refractivity contribution in [1.29, 1.82) is 0 Å². The van der Waals surface area contributed by atoms with Crippen molar-refractivity contribution in [2.75, 3.05) is 0 Å². The van der Waals surface area contributed by atoms with Crippen LogP contribution in [-0.4, -0.2) is 5.78 Å². The molecule has 0 heterocycles. The predicted molar refractivity (Wildman–Crippen MR) is 77.9 cm³/mol. The molecule has 0 saturated heterocycles. The summed E-state index contributed by atoms with van der Waals surface area (Å²) in [6.45, 7) is 8.70. The number of fused-ring (bicyclic) bond motifs is 2. The summed E-state index contributed by atoms with van der Waals surface area (Å²) in [7, 11) is 0. The van der Waals surface area contributed by atoms with E-state index in [0.29, 0.717) is 11.7 Å². The topological polar surface area (TPSA) is 17.1 Å². The molecule has 2 saturated carbocycles. The van der Waals surface area contributed by atoms with E-state index in [9.17, 15) is 4.79 Å². The minimum atomic E-state index is -0.304. The van der Waals surface area contributed by atoms with Gasteiger partial charge in [-0.3, -0.25) is 4.79 Å². The lowest BCUT2D eigenvalue weighted by Crippen LogP contribution is -2.31. The van der Waals surface area contributed by atoms with Crippen molar-refractivity contribution in [2.24, 2.45) is 17.3 Å². The fourth-order valence-corrected chi connectivity index (χ4v) is 4.14. The highest BCUT2D eigenvalue weighted by Crippen LogP contribution is 2.58. The number of Topliss-reactive ketones (excluding diaryl/α,β-unsaturated/α-hetero) is 1. The van der Waals surface area contributed by atoms with Crippen molar-refractivity contribution in [3.05, 3.63) is 48.0 Å². The van der Waals surface area contributed by atoms with Gasteiger partial charge in [-0.05, 0) is 31.2 Å². The fraction of sp³-hybridized carbons (Fsp3) is 0.500. The van der Waals surface area contributed by atoms with Gasteiger partial charge in [0.2, 0.25) is 0 Å². The van der Waals surface area contributed by atoms with Gasteiger partial charge in [0, 0.05) is 11.8 Å². The molecule has 0 N–H and O–H groups in total. The maximum Gasteiger partial charge on any atom is 0.147 e. The normalized spacial score (nSPS) is 38.3. The molecule has 0 aromatic heterocycles. The Hall–Kier alpha value is -1.37. The first-order valence-electron chi connectivity index (χ1n) is 7.35. The van der Waals surface area contributed by atoms with Crippen LogP contribution in [0.3, 0.4) is 0 Å². The first-order chi connectivity index (χ1) is 9.06. The fourth-order valence-electron chi connectivity index (χ4n) is 4.14. The molecule has 0 aliphatic heterocycles. The van der Waals surface area contributed by atoms with Crippen molar-refractivity contribution < 1.29 is 4.79 Å². The molecule has 0 radical (unpaired) electrons. The summed E-state index contributed by atoms with van der Waals surface area (Å²) in [4.78, 5) is 12.9. The van der Waals surface area contributed by atoms with Crippen LogP contribution in [0, 0.1) is 17.3 Å². The van der Waals surface area contributed by atoms with Crippen LogP contribution in [0.4, 0.5) is 0 Å². The highest BCUT2D eigenvalue weighted by atomic mass is 16.1. The number of hydrogen-bond acceptors (Lipinski definition) is 1. The molecule has 2 unspecified atom stereocenters. The summed E-state index contributed by atoms with van der Waals surface area (Å²) in [6, 6.07) is 10.5. The van der Waals surface area contributed by atoms with E-state index >= 15 is 0 Å². The molecular weight excluding hydrogens is 232 g/mol. The second-order valence-corrected chi connectivity index (χ2v) is 6.42. The van der Waals surface area contributed by atoms with Gasteiger partial charge in [0.15, 0.2) is 0 Å². The van der Waals surface area contributed by atoms with E-state index in [2.05, 4.69) is 44.7 Å². The van der Waals surface area contributed by atoms with Crippen molar-refractivity contribution in [2.45, 2.75) is 39.0 Å². The Bertz CT molecular complexity index is 516. The van der Waals surface area contributed by atoms with Crippen LogP contribution in [-0.2, 0) is 4.79 Å². The molecule has 2 aliphatic carbocycles. The van der Waals surface area contributed by atoms with E-state index in [1.54, 1.807) is 0 Å². The average molecular weight is 254 g/mol. The third-order valence-electron chi connectivity index (χ3n) is 5.59. The van der Waals surface area contributed by atoms with Crippen LogP contribution < -0.4 is 0 Å². The van der Waals surface area contributed by atoms with Gasteiger partial charge >= 0.3 is 0 Å². The van der Waals surface area contributed by atoms with Crippen LogP contribution in [0.25, 0.3) is 0 Å². The maximum absolute atomic E-state index is 12.9. The quantitative estimate of drug-likeness (QED) is 0.681. The standard InChI is InChI=1S/C18H22O/c1-12-8-7-11-15-16(14-9-5-4-6-10-14)13(2)18(12,3)17(15)19/h4-6,9-10,12,15-16H,2,7-8,11H2,1,3H3/t12-,15?,16-,18?/m0/s1. The Balaban J connectivity index is 2.10. The molecule has 0 spiro atoms. The lowest BCUT2D eigenvalue weighted by molar-refractivity contribution is -0.128. The molecule has 100 valence electrons. The van der Waals surface area contributed by atoms with Crippen LogP contribution in [0.5, 0.6) is 0 Å². The Morgan fingerprint density at radius 1 is 1.21 bits per heavy atom. The lowest BCUT2D eigenvalue weighted by Gasteiger charge is -2.32. The van der Waals surface area contributed by atoms with Crippen molar-refractivity contribution >= 4 is 5.78 Å². The second-order valence-electron chi connectivity index (χ2n) is 6.42. The summed E-state index contributed by atoms with van der Waals surface area (Å²) >= 11 is 0. The van der Waals surface area contributed by atoms with Gasteiger partial charge in [-0.2, -0.15) is 0 Å². The van der Waals surface area contributed by atoms with E-state index in [0.717, 1.165) is 18.4 Å². The first-order valence-corrected chi connectivity index (χ1v) is 7.35. The number of benzene rings is 1. The van der Waals surface area contributed by atoms with Crippen molar-refractivity contribution in [3.63, 3.8) is 0 Å². The van der Waals surface area contributed by atoms with E-state index in [1.165, 1.54) is 12.0 Å². The average Bonchev–Trinajstić information content (AvgIpc) is 2.54. The smallest absolute Gasteiger partial charge is 0.147 e. The number of ketones is 1. The molecule has 2 bridgehead atoms. The SMILES string of the molecule is C=C1[C@@H](c2ccccc2)C2CCC[C@H](C)C1(C)C2=O. The third kappa shape index (κ3) is 1.64. The second kappa shape index (κ2) is 4.33. The van der Waals surface area contributed by atoms with E-state index in [1.807, 2.05) is 6.07 Å². The number of hydrogen-bond donors (Lipinski definition) is 0. The van der Waals surface area contributed by atoms with E-state index < -0.39 is 0 Å². The minimum absolute atomic E-state index is 0.157. The van der Waals surface area contributed by atoms with Gasteiger partial charge in [0.25, 0.3) is 0 Å². The molecule has 1 heteroatoms. The van der Waals surface area contributed by atoms with Gasteiger partial charge < -0.3 is 0 Å². The molecule has 1 aromatic carbocycles. The zero-order valence-electron chi connectivity index (χ0n) is 11.9. The molecule has 2 aliphatic rings. The molecule has 1 aromatic rings. The minimum Gasteiger partial charge on any atom is -0.298 e. The van der Waals surface area contributed by atoms with Crippen molar-refractivity contribution in [1.82, 2.24) is 0 Å². The van der Waals surface area contributed by atoms with Crippen molar-refractivity contribution in [3.8, 4) is 0 Å². The summed E-state index contributed by atoms with van der Waals surface area (Å²) in [5, 5.41) is 0. The monoisotopic (exact) mass is 254 g/mol. The Morgan fingerprint density at radius 3 is 2.58 bits per heavy atom. The van der Waals surface area contributed by atoms with E-state index in [4.69, 9.17) is 0 Å². The first kappa shape index (κ1) is 12.7. The Kier molecular flexibility index (Phi) is 2.88. The zero-order valence-corrected chi connectivity index (χ0v) is 11.9. The summed E-state index contributed by atoms with van der Waals surface area (Å²) in [5.74, 6) is 1.26. The Labute approximate surface area is 115 Å². The van der Waals surface area contributed by atoms with Crippen LogP contribution >= 0.6 is 0 Å². The highest BCUT2D eigenvalue weighted by molar-refractivity contribution is 5.95. The number of carbonyl (C=O) groups excluding carboxylic acids is 1. The molecule has 2 fully saturated rings. The maximum atomic E-state index is 12.9. The molecule has 1 nitrogen and oxygen atoms in total. The van der Waals surface area contributed by atoms with Gasteiger partial charge in [-0.25, -0.2) is 0 Å². The predicted octanol–water partition coefficient (Wildman–Crippen LogP) is 4.35. The summed E-state index contributed by atoms with van der Waals surface area (Å²) in [5.41, 5.74) is 2.12. The zero-order chi connectivity index (χ0) is 13.6. The molecular formula is C18H22O. The third-order valence-corrected chi connectivity index (χ3v) is 5.59. The summed E-state index contributed by atoms with van der Waals surface area (Å²) < 4.78 is 0. The molecule has 0 amide bonds. The van der Waals surface area contributed by atoms with Crippen LogP contribution in [0.1, 0.15) is 44.6 Å². The number of rotatable bonds is 1. The highest BCUT2D eigenvalue weighted by Gasteiger charge is 2.56. The van der Waals surface area contributed by atoms with Gasteiger partial charge in [-0.1, -0.05) is 55.8 Å². The number of carbonyl (C=O) groups is 1. The van der Waals surface area contributed by atoms with Crippen LogP contribution in [0.15, 0.2) is 42.5 Å². The molecule has 19 heavy (non-hydrogen) atoms. The summed E-state index contributed by atoms with van der Waals surface area (Å²) in [6.07, 6.45) is 3.35. The van der Waals surface area contributed by atoms with Gasteiger partial charge in [-0.15, -0.1) is 0 Å². The molecule has 4 atom stereocenters. The lowest BCUT2D eigenvalue weighted by atomic mass is 9.70. The van der Waals surface area contributed by atoms with Crippen LogP contribution in [0.2, 0.25) is 0 Å². The van der Waals surface area contributed by atoms with Gasteiger partial charge in [0.05, 0.1) is 5.41 Å². The largest absolute Gasteiger partial charge is 0.298 e. The molecule has 3 rings (SSSR count). The number of allylic oxidation sites excluding steroid dienone is 1. The van der Waals surface area contributed by atoms with Gasteiger partial charge in [0.1, 0.15) is 5.78 Å². The Morgan fingerprint density at radius 2 is 1.89 bits per heavy atom.